The molecule has 0 fully saturated rings. The van der Waals surface area contributed by atoms with Crippen LogP contribution in [0.3, 0.4) is 0 Å². The predicted molar refractivity (Wildman–Crippen MR) is 82.0 cm³/mol. The second kappa shape index (κ2) is 5.01. The van der Waals surface area contributed by atoms with Gasteiger partial charge in [-0.25, -0.2) is 0 Å². The number of methoxy groups -OCH3 is 1. The third-order valence-electron chi connectivity index (χ3n) is 3.47. The molecular formula is C16H16N2O3. The summed E-state index contributed by atoms with van der Waals surface area (Å²) < 4.78 is 10.9. The molecule has 1 aromatic heterocycles. The first-order chi connectivity index (χ1) is 10.2. The lowest BCUT2D eigenvalue weighted by molar-refractivity contribution is 0.100. The van der Waals surface area contributed by atoms with Gasteiger partial charge in [0.2, 0.25) is 5.91 Å². The van der Waals surface area contributed by atoms with Gasteiger partial charge in [0.05, 0.1) is 30.3 Å². The van der Waals surface area contributed by atoms with E-state index in [1.54, 1.807) is 13.2 Å². The van der Waals surface area contributed by atoms with Gasteiger partial charge in [0.25, 0.3) is 0 Å². The van der Waals surface area contributed by atoms with E-state index in [2.05, 4.69) is 4.98 Å². The second-order valence-corrected chi connectivity index (χ2v) is 4.70. The highest BCUT2D eigenvalue weighted by Gasteiger charge is 2.16. The minimum absolute atomic E-state index is 0.434. The Labute approximate surface area is 121 Å². The fourth-order valence-electron chi connectivity index (χ4n) is 2.60. The highest BCUT2D eigenvalue weighted by Crippen LogP contribution is 2.35. The molecule has 5 nitrogen and oxygen atoms in total. The number of amides is 1. The van der Waals surface area contributed by atoms with Crippen molar-refractivity contribution in [3.05, 3.63) is 35.9 Å². The molecule has 3 N–H and O–H groups in total. The first-order valence-electron chi connectivity index (χ1n) is 6.70. The number of aromatic amines is 1. The molecule has 1 amide bonds. The number of ether oxygens (including phenoxy) is 2. The van der Waals surface area contributed by atoms with Gasteiger partial charge in [0.1, 0.15) is 11.5 Å². The Morgan fingerprint density at radius 2 is 2.14 bits per heavy atom. The van der Waals surface area contributed by atoms with E-state index in [9.17, 15) is 4.79 Å². The zero-order valence-electron chi connectivity index (χ0n) is 11.9. The number of benzene rings is 2. The normalized spacial score (nSPS) is 11.0. The zero-order valence-corrected chi connectivity index (χ0v) is 11.9. The summed E-state index contributed by atoms with van der Waals surface area (Å²) in [6, 6.07) is 9.23. The zero-order chi connectivity index (χ0) is 15.0. The van der Waals surface area contributed by atoms with Crippen LogP contribution in [0.25, 0.3) is 21.8 Å². The van der Waals surface area contributed by atoms with E-state index in [1.807, 2.05) is 31.2 Å². The number of H-pyrrole nitrogens is 1. The molecule has 2 aromatic carbocycles. The Morgan fingerprint density at radius 3 is 2.81 bits per heavy atom. The van der Waals surface area contributed by atoms with Gasteiger partial charge in [0, 0.05) is 16.8 Å². The molecular weight excluding hydrogens is 268 g/mol. The maximum atomic E-state index is 11.8. The summed E-state index contributed by atoms with van der Waals surface area (Å²) in [5, 5.41) is 1.70. The number of para-hydroxylation sites is 1. The second-order valence-electron chi connectivity index (χ2n) is 4.70. The fraction of sp³-hybridized carbons (Fsp3) is 0.188. The lowest BCUT2D eigenvalue weighted by Crippen LogP contribution is -2.11. The highest BCUT2D eigenvalue weighted by atomic mass is 16.5. The van der Waals surface area contributed by atoms with E-state index in [1.165, 1.54) is 0 Å². The molecule has 1 heterocycles. The standard InChI is InChI=1S/C16H16N2O3/c1-3-21-13-6-4-5-10-14-11(16(17)19)7-9(20-2)8-12(14)18-15(10)13/h4-8,18H,3H2,1-2H3,(H2,17,19). The van der Waals surface area contributed by atoms with E-state index in [4.69, 9.17) is 15.2 Å². The van der Waals surface area contributed by atoms with Crippen LogP contribution in [0.4, 0.5) is 0 Å². The monoisotopic (exact) mass is 284 g/mol. The maximum Gasteiger partial charge on any atom is 0.249 e. The molecule has 0 unspecified atom stereocenters. The third-order valence-corrected chi connectivity index (χ3v) is 3.47. The van der Waals surface area contributed by atoms with E-state index >= 15 is 0 Å². The van der Waals surface area contributed by atoms with Crippen LogP contribution in [-0.4, -0.2) is 24.6 Å². The van der Waals surface area contributed by atoms with Crippen molar-refractivity contribution in [2.24, 2.45) is 5.73 Å². The average molecular weight is 284 g/mol. The number of carbonyl (C=O) groups excluding carboxylic acids is 1. The van der Waals surface area contributed by atoms with Crippen LogP contribution in [0.15, 0.2) is 30.3 Å². The Hall–Kier alpha value is -2.69. The van der Waals surface area contributed by atoms with Crippen LogP contribution in [0.2, 0.25) is 0 Å². The number of hydrogen-bond acceptors (Lipinski definition) is 3. The number of carbonyl (C=O) groups is 1. The van der Waals surface area contributed by atoms with Gasteiger partial charge in [0.15, 0.2) is 0 Å². The first kappa shape index (κ1) is 13.3. The molecule has 0 radical (unpaired) electrons. The number of primary amides is 1. The van der Waals surface area contributed by atoms with Crippen molar-refractivity contribution in [3.63, 3.8) is 0 Å². The van der Waals surface area contributed by atoms with Gasteiger partial charge < -0.3 is 20.2 Å². The minimum Gasteiger partial charge on any atom is -0.497 e. The van der Waals surface area contributed by atoms with Crippen LogP contribution >= 0.6 is 0 Å². The van der Waals surface area contributed by atoms with Crippen LogP contribution < -0.4 is 15.2 Å². The number of nitrogens with one attached hydrogen (secondary N) is 1. The molecule has 5 heteroatoms. The summed E-state index contributed by atoms with van der Waals surface area (Å²) >= 11 is 0. The van der Waals surface area contributed by atoms with Crippen molar-refractivity contribution in [1.82, 2.24) is 4.98 Å². The van der Waals surface area contributed by atoms with E-state index in [-0.39, 0.29) is 0 Å². The molecule has 0 aliphatic rings. The van der Waals surface area contributed by atoms with Gasteiger partial charge in [-0.1, -0.05) is 12.1 Å². The molecule has 0 aliphatic carbocycles. The molecule has 0 aliphatic heterocycles. The fourth-order valence-corrected chi connectivity index (χ4v) is 2.60. The molecule has 0 bridgehead atoms. The van der Waals surface area contributed by atoms with Crippen LogP contribution in [-0.2, 0) is 0 Å². The van der Waals surface area contributed by atoms with Crippen molar-refractivity contribution in [1.29, 1.82) is 0 Å². The summed E-state index contributed by atoms with van der Waals surface area (Å²) in [7, 11) is 1.56. The third kappa shape index (κ3) is 2.07. The van der Waals surface area contributed by atoms with E-state index < -0.39 is 5.91 Å². The quantitative estimate of drug-likeness (QED) is 0.773. The topological polar surface area (TPSA) is 77.3 Å². The lowest BCUT2D eigenvalue weighted by Gasteiger charge is -2.05. The van der Waals surface area contributed by atoms with Gasteiger partial charge in [-0.3, -0.25) is 4.79 Å². The summed E-state index contributed by atoms with van der Waals surface area (Å²) in [5.41, 5.74) is 7.59. The highest BCUT2D eigenvalue weighted by molar-refractivity contribution is 6.18. The molecule has 0 saturated carbocycles. The minimum atomic E-state index is -0.485. The van der Waals surface area contributed by atoms with Gasteiger partial charge in [-0.05, 0) is 19.1 Å². The van der Waals surface area contributed by atoms with Crippen molar-refractivity contribution in [2.75, 3.05) is 13.7 Å². The molecule has 3 rings (SSSR count). The molecule has 0 atom stereocenters. The Morgan fingerprint density at radius 1 is 1.33 bits per heavy atom. The average Bonchev–Trinajstić information content (AvgIpc) is 2.86. The Balaban J connectivity index is 2.43. The van der Waals surface area contributed by atoms with Crippen molar-refractivity contribution in [3.8, 4) is 11.5 Å². The Kier molecular flexibility index (Phi) is 3.17. The predicted octanol–water partition coefficient (Wildman–Crippen LogP) is 2.83. The number of rotatable bonds is 4. The molecule has 21 heavy (non-hydrogen) atoms. The molecule has 3 aromatic rings. The van der Waals surface area contributed by atoms with Crippen molar-refractivity contribution < 1.29 is 14.3 Å². The maximum absolute atomic E-state index is 11.8. The summed E-state index contributed by atoms with van der Waals surface area (Å²) in [6.45, 7) is 2.50. The van der Waals surface area contributed by atoms with E-state index in [0.717, 1.165) is 27.6 Å². The van der Waals surface area contributed by atoms with Gasteiger partial charge >= 0.3 is 0 Å². The molecule has 0 saturated heterocycles. The van der Waals surface area contributed by atoms with Crippen LogP contribution in [0, 0.1) is 0 Å². The smallest absolute Gasteiger partial charge is 0.249 e. The summed E-state index contributed by atoms with van der Waals surface area (Å²) in [6.07, 6.45) is 0. The number of hydrogen-bond donors (Lipinski definition) is 2. The van der Waals surface area contributed by atoms with Crippen molar-refractivity contribution in [2.45, 2.75) is 6.92 Å². The number of aromatic nitrogens is 1. The van der Waals surface area contributed by atoms with Gasteiger partial charge in [-0.2, -0.15) is 0 Å². The lowest BCUT2D eigenvalue weighted by atomic mass is 10.1. The van der Waals surface area contributed by atoms with Crippen LogP contribution in [0.1, 0.15) is 17.3 Å². The summed E-state index contributed by atoms with van der Waals surface area (Å²) in [4.78, 5) is 15.0. The Bertz CT molecular complexity index is 836. The van der Waals surface area contributed by atoms with E-state index in [0.29, 0.717) is 17.9 Å². The summed E-state index contributed by atoms with van der Waals surface area (Å²) in [5.74, 6) is 0.850. The van der Waals surface area contributed by atoms with Crippen molar-refractivity contribution >= 4 is 27.7 Å². The van der Waals surface area contributed by atoms with Crippen LogP contribution in [0.5, 0.6) is 11.5 Å². The molecule has 108 valence electrons. The van der Waals surface area contributed by atoms with Gasteiger partial charge in [-0.15, -0.1) is 0 Å². The first-order valence-corrected chi connectivity index (χ1v) is 6.70. The number of nitrogens with two attached hydrogens (primary N) is 1. The SMILES string of the molecule is CCOc1cccc2c1[nH]c1cc(OC)cc(C(N)=O)c12. The largest absolute Gasteiger partial charge is 0.497 e. The number of fused-ring (bicyclic) bond motifs is 3. The molecule has 0 spiro atoms.